The van der Waals surface area contributed by atoms with E-state index in [2.05, 4.69) is 10.2 Å². The van der Waals surface area contributed by atoms with Crippen LogP contribution in [0.1, 0.15) is 11.4 Å². The van der Waals surface area contributed by atoms with Gasteiger partial charge < -0.3 is 0 Å². The maximum absolute atomic E-state index is 5.93. The lowest BCUT2D eigenvalue weighted by molar-refractivity contribution is 0.902. The van der Waals surface area contributed by atoms with Gasteiger partial charge in [-0.05, 0) is 54.2 Å². The molecule has 3 aromatic rings. The summed E-state index contributed by atoms with van der Waals surface area (Å²) in [6.45, 7) is 0. The van der Waals surface area contributed by atoms with Gasteiger partial charge in [0.25, 0.3) is 0 Å². The fraction of sp³-hybridized carbons (Fsp3) is 0.0667. The normalized spacial score (nSPS) is 10.8. The second kappa shape index (κ2) is 6.02. The lowest BCUT2D eigenvalue weighted by Gasteiger charge is -2.07. The van der Waals surface area contributed by atoms with E-state index in [-0.39, 0.29) is 0 Å². The molecular formula is C15H11Cl2N3S. The summed E-state index contributed by atoms with van der Waals surface area (Å²) >= 11 is 17.1. The average Bonchev–Trinajstić information content (AvgIpc) is 2.83. The van der Waals surface area contributed by atoms with E-state index >= 15 is 0 Å². The van der Waals surface area contributed by atoms with Gasteiger partial charge in [-0.2, -0.15) is 5.10 Å². The van der Waals surface area contributed by atoms with E-state index in [1.807, 2.05) is 53.1 Å². The molecule has 0 spiro atoms. The van der Waals surface area contributed by atoms with E-state index in [1.54, 1.807) is 0 Å². The predicted octanol–water partition coefficient (Wildman–Crippen LogP) is 4.83. The molecule has 0 saturated carbocycles. The SMILES string of the molecule is S=c1[nH]nc(Cc2ccc(Cl)cc2)n1-c1ccc(Cl)cc1. The third-order valence-electron chi connectivity index (χ3n) is 3.10. The van der Waals surface area contributed by atoms with Crippen LogP contribution in [0.2, 0.25) is 10.0 Å². The number of aromatic amines is 1. The third-order valence-corrected chi connectivity index (χ3v) is 3.88. The molecule has 3 nitrogen and oxygen atoms in total. The van der Waals surface area contributed by atoms with Crippen molar-refractivity contribution in [3.63, 3.8) is 0 Å². The van der Waals surface area contributed by atoms with Crippen molar-refractivity contribution < 1.29 is 0 Å². The highest BCUT2D eigenvalue weighted by Crippen LogP contribution is 2.18. The van der Waals surface area contributed by atoms with Gasteiger partial charge in [0.1, 0.15) is 5.82 Å². The van der Waals surface area contributed by atoms with Gasteiger partial charge in [0.15, 0.2) is 4.77 Å². The number of nitrogens with zero attached hydrogens (tertiary/aromatic N) is 2. The molecule has 0 aliphatic carbocycles. The molecule has 2 aromatic carbocycles. The van der Waals surface area contributed by atoms with Crippen molar-refractivity contribution in [3.05, 3.63) is 74.7 Å². The van der Waals surface area contributed by atoms with Crippen LogP contribution in [0.25, 0.3) is 5.69 Å². The molecule has 0 amide bonds. The van der Waals surface area contributed by atoms with E-state index in [0.717, 1.165) is 22.1 Å². The van der Waals surface area contributed by atoms with Gasteiger partial charge in [-0.15, -0.1) is 0 Å². The standard InChI is InChI=1S/C15H11Cl2N3S/c16-11-3-1-10(2-4-11)9-14-18-19-15(21)20(14)13-7-5-12(17)6-8-13/h1-8H,9H2,(H,19,21). The Kier molecular flexibility index (Phi) is 4.10. The molecule has 1 aromatic heterocycles. The van der Waals surface area contributed by atoms with Gasteiger partial charge in [-0.1, -0.05) is 35.3 Å². The zero-order valence-corrected chi connectivity index (χ0v) is 13.2. The Morgan fingerprint density at radius 3 is 2.14 bits per heavy atom. The highest BCUT2D eigenvalue weighted by atomic mass is 35.5. The van der Waals surface area contributed by atoms with Gasteiger partial charge in [-0.3, -0.25) is 9.67 Å². The third kappa shape index (κ3) is 3.18. The van der Waals surface area contributed by atoms with E-state index in [0.29, 0.717) is 16.2 Å². The van der Waals surface area contributed by atoms with Crippen molar-refractivity contribution in [3.8, 4) is 5.69 Å². The van der Waals surface area contributed by atoms with Crippen molar-refractivity contribution in [2.45, 2.75) is 6.42 Å². The van der Waals surface area contributed by atoms with E-state index in [4.69, 9.17) is 35.4 Å². The second-order valence-corrected chi connectivity index (χ2v) is 5.82. The first kappa shape index (κ1) is 14.3. The molecule has 0 atom stereocenters. The topological polar surface area (TPSA) is 33.6 Å². The maximum Gasteiger partial charge on any atom is 0.199 e. The summed E-state index contributed by atoms with van der Waals surface area (Å²) in [4.78, 5) is 0. The highest BCUT2D eigenvalue weighted by molar-refractivity contribution is 7.71. The number of benzene rings is 2. The number of rotatable bonds is 3. The van der Waals surface area contributed by atoms with Gasteiger partial charge in [0, 0.05) is 22.2 Å². The van der Waals surface area contributed by atoms with Crippen LogP contribution in [0.4, 0.5) is 0 Å². The summed E-state index contributed by atoms with van der Waals surface area (Å²) in [6, 6.07) is 15.2. The summed E-state index contributed by atoms with van der Waals surface area (Å²) in [7, 11) is 0. The van der Waals surface area contributed by atoms with Crippen LogP contribution in [0, 0.1) is 4.77 Å². The van der Waals surface area contributed by atoms with Crippen LogP contribution in [0.15, 0.2) is 48.5 Å². The van der Waals surface area contributed by atoms with Crippen LogP contribution in [0.3, 0.4) is 0 Å². The molecule has 3 rings (SSSR count). The summed E-state index contributed by atoms with van der Waals surface area (Å²) in [5.41, 5.74) is 2.05. The first-order valence-corrected chi connectivity index (χ1v) is 7.46. The van der Waals surface area contributed by atoms with Crippen LogP contribution in [0.5, 0.6) is 0 Å². The first-order valence-electron chi connectivity index (χ1n) is 6.30. The zero-order chi connectivity index (χ0) is 14.8. The zero-order valence-electron chi connectivity index (χ0n) is 10.9. The first-order chi connectivity index (χ1) is 10.1. The van der Waals surface area contributed by atoms with Crippen molar-refractivity contribution in [2.24, 2.45) is 0 Å². The van der Waals surface area contributed by atoms with Gasteiger partial charge in [0.2, 0.25) is 0 Å². The molecule has 1 N–H and O–H groups in total. The molecule has 1 heterocycles. The predicted molar refractivity (Wildman–Crippen MR) is 88.0 cm³/mol. The minimum atomic E-state index is 0.557. The van der Waals surface area contributed by atoms with Crippen molar-refractivity contribution in [1.82, 2.24) is 14.8 Å². The van der Waals surface area contributed by atoms with Crippen molar-refractivity contribution in [2.75, 3.05) is 0 Å². The lowest BCUT2D eigenvalue weighted by atomic mass is 10.1. The highest BCUT2D eigenvalue weighted by Gasteiger charge is 2.09. The smallest absolute Gasteiger partial charge is 0.199 e. The fourth-order valence-corrected chi connectivity index (χ4v) is 2.60. The van der Waals surface area contributed by atoms with Crippen molar-refractivity contribution >= 4 is 35.4 Å². The molecule has 0 fully saturated rings. The number of nitrogens with one attached hydrogen (secondary N) is 1. The maximum atomic E-state index is 5.93. The number of aromatic nitrogens is 3. The Morgan fingerprint density at radius 1 is 0.952 bits per heavy atom. The summed E-state index contributed by atoms with van der Waals surface area (Å²) < 4.78 is 2.46. The number of hydrogen-bond donors (Lipinski definition) is 1. The van der Waals surface area contributed by atoms with Crippen LogP contribution in [-0.2, 0) is 6.42 Å². The minimum absolute atomic E-state index is 0.557. The monoisotopic (exact) mass is 335 g/mol. The quantitative estimate of drug-likeness (QED) is 0.695. The van der Waals surface area contributed by atoms with E-state index in [1.165, 1.54) is 0 Å². The minimum Gasteiger partial charge on any atom is -0.272 e. The fourth-order valence-electron chi connectivity index (χ4n) is 2.09. The van der Waals surface area contributed by atoms with E-state index < -0.39 is 0 Å². The van der Waals surface area contributed by atoms with Crippen molar-refractivity contribution in [1.29, 1.82) is 0 Å². The van der Waals surface area contributed by atoms with Gasteiger partial charge in [0.05, 0.1) is 0 Å². The number of hydrogen-bond acceptors (Lipinski definition) is 2. The Labute approximate surface area is 137 Å². The molecule has 21 heavy (non-hydrogen) atoms. The Morgan fingerprint density at radius 2 is 1.52 bits per heavy atom. The lowest BCUT2D eigenvalue weighted by Crippen LogP contribution is -2.02. The molecule has 0 aliphatic heterocycles. The Balaban J connectivity index is 1.99. The average molecular weight is 336 g/mol. The molecule has 0 bridgehead atoms. The number of H-pyrrole nitrogens is 1. The van der Waals surface area contributed by atoms with Crippen LogP contribution in [-0.4, -0.2) is 14.8 Å². The molecule has 0 saturated heterocycles. The largest absolute Gasteiger partial charge is 0.272 e. The Hall–Kier alpha value is -1.62. The molecule has 106 valence electrons. The Bertz CT molecular complexity index is 804. The number of halogens is 2. The van der Waals surface area contributed by atoms with Gasteiger partial charge >= 0.3 is 0 Å². The molecule has 0 radical (unpaired) electrons. The van der Waals surface area contributed by atoms with E-state index in [9.17, 15) is 0 Å². The summed E-state index contributed by atoms with van der Waals surface area (Å²) in [5, 5.41) is 8.56. The summed E-state index contributed by atoms with van der Waals surface area (Å²) in [5.74, 6) is 0.838. The van der Waals surface area contributed by atoms with Crippen LogP contribution >= 0.6 is 35.4 Å². The molecule has 0 unspecified atom stereocenters. The molecule has 0 aliphatic rings. The van der Waals surface area contributed by atoms with Crippen LogP contribution < -0.4 is 0 Å². The molecule has 6 heteroatoms. The summed E-state index contributed by atoms with van der Waals surface area (Å²) in [6.07, 6.45) is 0.660. The second-order valence-electron chi connectivity index (χ2n) is 4.56. The van der Waals surface area contributed by atoms with Gasteiger partial charge in [-0.25, -0.2) is 0 Å². The molecular weight excluding hydrogens is 325 g/mol.